The number of aliphatic carboxylic acids is 1. The molecule has 8 heteroatoms. The van der Waals surface area contributed by atoms with Crippen molar-refractivity contribution in [2.75, 3.05) is 12.3 Å². The highest BCUT2D eigenvalue weighted by Gasteiger charge is 2.05. The molecule has 6 N–H and O–H groups in total. The average molecular weight is 228 g/mol. The molecule has 1 atom stereocenters. The Hall–Kier alpha value is -0.700. The zero-order valence-electron chi connectivity index (χ0n) is 7.88. The molecule has 86 valence electrons. The van der Waals surface area contributed by atoms with Crippen LogP contribution in [0.25, 0.3) is 0 Å². The fourth-order valence-electron chi connectivity index (χ4n) is 0.324. The van der Waals surface area contributed by atoms with E-state index in [-0.39, 0.29) is 12.3 Å². The highest BCUT2D eigenvalue weighted by molar-refractivity contribution is 7.85. The zero-order valence-corrected chi connectivity index (χ0v) is 8.70. The Balaban J connectivity index is 0. The molecule has 0 heterocycles. The molecule has 1 unspecified atom stereocenters. The van der Waals surface area contributed by atoms with Gasteiger partial charge in [-0.2, -0.15) is 8.42 Å². The molecule has 0 spiro atoms. The molecule has 0 amide bonds. The van der Waals surface area contributed by atoms with Crippen molar-refractivity contribution in [2.24, 2.45) is 11.5 Å². The minimum atomic E-state index is -3.80. The third-order valence-corrected chi connectivity index (χ3v) is 1.88. The second-order valence-electron chi connectivity index (χ2n) is 2.43. The summed E-state index contributed by atoms with van der Waals surface area (Å²) in [5, 5.41) is 8.06. The van der Waals surface area contributed by atoms with Crippen molar-refractivity contribution in [3.63, 3.8) is 0 Å². The summed E-state index contributed by atoms with van der Waals surface area (Å²) in [4.78, 5) is 9.81. The van der Waals surface area contributed by atoms with Crippen molar-refractivity contribution in [3.05, 3.63) is 0 Å². The van der Waals surface area contributed by atoms with Crippen molar-refractivity contribution >= 4 is 16.1 Å². The van der Waals surface area contributed by atoms with E-state index in [9.17, 15) is 13.2 Å². The molecule has 0 saturated carbocycles. The number of hydrogen-bond donors (Lipinski definition) is 4. The molecule has 0 aromatic rings. The number of carboxylic acid groups (broad SMARTS) is 1. The van der Waals surface area contributed by atoms with E-state index in [2.05, 4.69) is 0 Å². The van der Waals surface area contributed by atoms with Gasteiger partial charge in [-0.05, 0) is 6.42 Å². The first-order valence-corrected chi connectivity index (χ1v) is 5.49. The van der Waals surface area contributed by atoms with E-state index in [1.807, 2.05) is 0 Å². The van der Waals surface area contributed by atoms with E-state index in [1.54, 1.807) is 6.92 Å². The summed E-state index contributed by atoms with van der Waals surface area (Å²) >= 11 is 0. The Morgan fingerprint density at radius 3 is 1.93 bits per heavy atom. The number of rotatable bonds is 4. The predicted molar refractivity (Wildman–Crippen MR) is 51.4 cm³/mol. The summed E-state index contributed by atoms with van der Waals surface area (Å²) in [6, 6.07) is -0.681. The van der Waals surface area contributed by atoms with Gasteiger partial charge in [0.05, 0.1) is 5.75 Å². The van der Waals surface area contributed by atoms with E-state index in [0.29, 0.717) is 6.42 Å². The van der Waals surface area contributed by atoms with E-state index in [0.717, 1.165) is 0 Å². The molecule has 14 heavy (non-hydrogen) atoms. The van der Waals surface area contributed by atoms with Crippen molar-refractivity contribution in [1.29, 1.82) is 0 Å². The number of hydrogen-bond acceptors (Lipinski definition) is 5. The van der Waals surface area contributed by atoms with Crippen LogP contribution in [0.15, 0.2) is 0 Å². The van der Waals surface area contributed by atoms with Gasteiger partial charge in [0.25, 0.3) is 10.1 Å². The van der Waals surface area contributed by atoms with Crippen molar-refractivity contribution < 1.29 is 22.9 Å². The molecule has 0 bridgehead atoms. The number of nitrogens with two attached hydrogens (primary N) is 2. The fraction of sp³-hybridized carbons (Fsp3) is 0.833. The average Bonchev–Trinajstić information content (AvgIpc) is 2.01. The maximum absolute atomic E-state index is 9.81. The largest absolute Gasteiger partial charge is 0.480 e. The van der Waals surface area contributed by atoms with Crippen LogP contribution in [-0.2, 0) is 14.9 Å². The van der Waals surface area contributed by atoms with Crippen LogP contribution in [0, 0.1) is 0 Å². The molecule has 0 aliphatic heterocycles. The summed E-state index contributed by atoms with van der Waals surface area (Å²) < 4.78 is 27.3. The monoisotopic (exact) mass is 228 g/mol. The summed E-state index contributed by atoms with van der Waals surface area (Å²) in [7, 11) is -3.80. The Kier molecular flexibility index (Phi) is 8.65. The van der Waals surface area contributed by atoms with Gasteiger partial charge in [-0.3, -0.25) is 9.35 Å². The second kappa shape index (κ2) is 7.68. The van der Waals surface area contributed by atoms with Gasteiger partial charge in [-0.25, -0.2) is 0 Å². The molecule has 7 nitrogen and oxygen atoms in total. The predicted octanol–water partition coefficient (Wildman–Crippen LogP) is -1.36. The third kappa shape index (κ3) is 13.9. The maximum Gasteiger partial charge on any atom is 0.320 e. The van der Waals surface area contributed by atoms with Gasteiger partial charge in [-0.15, -0.1) is 0 Å². The smallest absolute Gasteiger partial charge is 0.320 e. The number of carboxylic acids is 1. The van der Waals surface area contributed by atoms with Crippen LogP contribution in [0.4, 0.5) is 0 Å². The second-order valence-corrected chi connectivity index (χ2v) is 4.00. The highest BCUT2D eigenvalue weighted by atomic mass is 32.2. The van der Waals surface area contributed by atoms with Gasteiger partial charge in [0.1, 0.15) is 6.04 Å². The lowest BCUT2D eigenvalue weighted by atomic mass is 10.2. The quantitative estimate of drug-likeness (QED) is 0.435. The van der Waals surface area contributed by atoms with Gasteiger partial charge in [0.2, 0.25) is 0 Å². The van der Waals surface area contributed by atoms with Crippen LogP contribution in [0.2, 0.25) is 0 Å². The highest BCUT2D eigenvalue weighted by Crippen LogP contribution is 1.82. The molecule has 0 aromatic carbocycles. The van der Waals surface area contributed by atoms with Crippen molar-refractivity contribution in [1.82, 2.24) is 0 Å². The Labute approximate surface area is 82.8 Å². The maximum atomic E-state index is 9.81. The van der Waals surface area contributed by atoms with Crippen LogP contribution >= 0.6 is 0 Å². The van der Waals surface area contributed by atoms with Crippen LogP contribution < -0.4 is 11.5 Å². The van der Waals surface area contributed by atoms with Crippen LogP contribution in [0.3, 0.4) is 0 Å². The molecule has 0 aliphatic carbocycles. The lowest BCUT2D eigenvalue weighted by molar-refractivity contribution is -0.138. The molecule has 0 aromatic heterocycles. The summed E-state index contributed by atoms with van der Waals surface area (Å²) in [6.45, 7) is 1.71. The van der Waals surface area contributed by atoms with E-state index in [1.165, 1.54) is 0 Å². The minimum Gasteiger partial charge on any atom is -0.480 e. The lowest BCUT2D eigenvalue weighted by Gasteiger charge is -1.97. The molecule has 0 saturated heterocycles. The standard InChI is InChI=1S/C4H9NO2.C2H7NO3S/c1-2-3(5)4(6)7;3-1-2-7(4,5)6/h3H,2,5H2,1H3,(H,6,7);1-3H2,(H,4,5,6). The normalized spacial score (nSPS) is 12.6. The molecular formula is C6H16N2O5S. The van der Waals surface area contributed by atoms with Crippen LogP contribution in [-0.4, -0.2) is 42.4 Å². The summed E-state index contributed by atoms with van der Waals surface area (Å²) in [6.07, 6.45) is 0.495. The van der Waals surface area contributed by atoms with Crippen molar-refractivity contribution in [2.45, 2.75) is 19.4 Å². The first-order valence-electron chi connectivity index (χ1n) is 3.88. The number of carbonyl (C=O) groups is 1. The minimum absolute atomic E-state index is 0.0289. The van der Waals surface area contributed by atoms with E-state index in [4.69, 9.17) is 21.1 Å². The van der Waals surface area contributed by atoms with Gasteiger partial charge in [-0.1, -0.05) is 6.92 Å². The summed E-state index contributed by atoms with van der Waals surface area (Å²) in [5.74, 6) is -1.28. The molecular weight excluding hydrogens is 212 g/mol. The first-order chi connectivity index (χ1) is 6.24. The van der Waals surface area contributed by atoms with E-state index < -0.39 is 22.1 Å². The van der Waals surface area contributed by atoms with Gasteiger partial charge >= 0.3 is 5.97 Å². The first kappa shape index (κ1) is 15.8. The van der Waals surface area contributed by atoms with Crippen LogP contribution in [0.5, 0.6) is 0 Å². The fourth-order valence-corrected chi connectivity index (χ4v) is 0.621. The Morgan fingerprint density at radius 2 is 1.93 bits per heavy atom. The molecule has 0 aliphatic rings. The van der Waals surface area contributed by atoms with E-state index >= 15 is 0 Å². The molecule has 0 radical (unpaired) electrons. The van der Waals surface area contributed by atoms with Gasteiger partial charge in [0, 0.05) is 6.54 Å². The SMILES string of the molecule is CCC(N)C(=O)O.NCCS(=O)(=O)O. The van der Waals surface area contributed by atoms with Gasteiger partial charge in [0.15, 0.2) is 0 Å². The Morgan fingerprint density at radius 1 is 1.50 bits per heavy atom. The van der Waals surface area contributed by atoms with Crippen LogP contribution in [0.1, 0.15) is 13.3 Å². The zero-order chi connectivity index (χ0) is 11.8. The molecule has 0 fully saturated rings. The molecule has 0 rings (SSSR count). The topological polar surface area (TPSA) is 144 Å². The van der Waals surface area contributed by atoms with Crippen molar-refractivity contribution in [3.8, 4) is 0 Å². The Bertz CT molecular complexity index is 251. The van der Waals surface area contributed by atoms with Gasteiger partial charge < -0.3 is 16.6 Å². The summed E-state index contributed by atoms with van der Waals surface area (Å²) in [5.41, 5.74) is 9.79. The lowest BCUT2D eigenvalue weighted by Crippen LogP contribution is -2.28. The third-order valence-electron chi connectivity index (χ3n) is 1.13.